The molecule has 1 aromatic carbocycles. The smallest absolute Gasteiger partial charge is 0.341 e. The number of carbonyl (C=O) groups excluding carboxylic acids is 2. The zero-order valence-corrected chi connectivity index (χ0v) is 20.7. The van der Waals surface area contributed by atoms with E-state index >= 15 is 0 Å². The van der Waals surface area contributed by atoms with E-state index in [1.165, 1.54) is 21.3 Å². The lowest BCUT2D eigenvalue weighted by atomic mass is 10.2. The van der Waals surface area contributed by atoms with E-state index in [1.807, 2.05) is 6.07 Å². The molecule has 4 aromatic heterocycles. The van der Waals surface area contributed by atoms with Crippen LogP contribution in [-0.4, -0.2) is 38.5 Å². The average Bonchev–Trinajstić information content (AvgIpc) is 3.44. The van der Waals surface area contributed by atoms with E-state index in [9.17, 15) is 14.4 Å². The van der Waals surface area contributed by atoms with Gasteiger partial charge < -0.3 is 18.5 Å². The molecule has 4 heterocycles. The number of aromatic nitrogens is 3. The lowest BCUT2D eigenvalue weighted by molar-refractivity contribution is -0.124. The third-order valence-corrected chi connectivity index (χ3v) is 5.80. The predicted molar refractivity (Wildman–Crippen MR) is 138 cm³/mol. The van der Waals surface area contributed by atoms with Crippen molar-refractivity contribution in [3.63, 3.8) is 0 Å². The van der Waals surface area contributed by atoms with Crippen LogP contribution in [0.4, 0.5) is 0 Å². The SMILES string of the molecule is CCOC(=O)c1cc2c(=O)n3ccccc3nc2n(Cc2ccco2)c1=NC(=O)[C@H](C)Oc1ccccc1. The summed E-state index contributed by atoms with van der Waals surface area (Å²) in [5, 5.41) is 0.156. The Bertz CT molecular complexity index is 1750. The number of esters is 1. The predicted octanol–water partition coefficient (Wildman–Crippen LogP) is 3.36. The molecule has 0 unspecified atom stereocenters. The number of para-hydroxylation sites is 1. The fourth-order valence-corrected chi connectivity index (χ4v) is 4.01. The molecule has 0 saturated heterocycles. The molecule has 10 heteroatoms. The third-order valence-electron chi connectivity index (χ3n) is 5.80. The van der Waals surface area contributed by atoms with Crippen molar-refractivity contribution in [2.75, 3.05) is 6.61 Å². The van der Waals surface area contributed by atoms with Crippen LogP contribution in [0.1, 0.15) is 30.0 Å². The summed E-state index contributed by atoms with van der Waals surface area (Å²) >= 11 is 0. The van der Waals surface area contributed by atoms with Gasteiger partial charge >= 0.3 is 5.97 Å². The first-order valence-electron chi connectivity index (χ1n) is 12.0. The molecule has 1 amide bonds. The molecule has 5 aromatic rings. The number of pyridine rings is 2. The number of furan rings is 1. The van der Waals surface area contributed by atoms with Crippen LogP contribution in [0.5, 0.6) is 5.75 Å². The Balaban J connectivity index is 1.78. The summed E-state index contributed by atoms with van der Waals surface area (Å²) in [6, 6.07) is 18.8. The van der Waals surface area contributed by atoms with Gasteiger partial charge in [-0.05, 0) is 56.3 Å². The van der Waals surface area contributed by atoms with E-state index in [1.54, 1.807) is 74.6 Å². The van der Waals surface area contributed by atoms with Crippen molar-refractivity contribution in [3.05, 3.63) is 106 Å². The van der Waals surface area contributed by atoms with Crippen molar-refractivity contribution in [1.29, 1.82) is 0 Å². The molecule has 38 heavy (non-hydrogen) atoms. The van der Waals surface area contributed by atoms with Crippen LogP contribution >= 0.6 is 0 Å². The molecule has 0 aliphatic rings. The van der Waals surface area contributed by atoms with Gasteiger partial charge in [0, 0.05) is 6.20 Å². The van der Waals surface area contributed by atoms with Crippen LogP contribution in [0.2, 0.25) is 0 Å². The summed E-state index contributed by atoms with van der Waals surface area (Å²) in [6.07, 6.45) is 2.13. The molecule has 192 valence electrons. The van der Waals surface area contributed by atoms with E-state index in [2.05, 4.69) is 9.98 Å². The minimum atomic E-state index is -0.963. The highest BCUT2D eigenvalue weighted by molar-refractivity contribution is 5.94. The Morgan fingerprint density at radius 3 is 2.61 bits per heavy atom. The first kappa shape index (κ1) is 24.7. The van der Waals surface area contributed by atoms with Crippen molar-refractivity contribution < 1.29 is 23.5 Å². The quantitative estimate of drug-likeness (QED) is 0.242. The largest absolute Gasteiger partial charge is 0.481 e. The van der Waals surface area contributed by atoms with Gasteiger partial charge in [-0.15, -0.1) is 0 Å². The van der Waals surface area contributed by atoms with Crippen LogP contribution in [0.3, 0.4) is 0 Å². The van der Waals surface area contributed by atoms with Crippen LogP contribution in [0.25, 0.3) is 16.7 Å². The molecule has 1 atom stereocenters. The highest BCUT2D eigenvalue weighted by Crippen LogP contribution is 2.15. The molecule has 0 aliphatic carbocycles. The molecule has 0 spiro atoms. The van der Waals surface area contributed by atoms with Gasteiger partial charge in [-0.2, -0.15) is 4.99 Å². The van der Waals surface area contributed by atoms with Crippen LogP contribution in [-0.2, 0) is 16.1 Å². The number of nitrogens with zero attached hydrogens (tertiary/aromatic N) is 4. The summed E-state index contributed by atoms with van der Waals surface area (Å²) in [4.78, 5) is 48.8. The highest BCUT2D eigenvalue weighted by Gasteiger charge is 2.22. The van der Waals surface area contributed by atoms with Crippen molar-refractivity contribution >= 4 is 28.6 Å². The lowest BCUT2D eigenvalue weighted by Crippen LogP contribution is -2.34. The maximum Gasteiger partial charge on any atom is 0.341 e. The number of hydrogen-bond acceptors (Lipinski definition) is 7. The zero-order chi connectivity index (χ0) is 26.6. The van der Waals surface area contributed by atoms with E-state index in [4.69, 9.17) is 13.9 Å². The minimum absolute atomic E-state index is 0.0203. The van der Waals surface area contributed by atoms with Crippen LogP contribution in [0.15, 0.2) is 93.4 Å². The zero-order valence-electron chi connectivity index (χ0n) is 20.7. The Hall–Kier alpha value is -4.99. The molecular formula is C28H24N4O6. The fourth-order valence-electron chi connectivity index (χ4n) is 4.01. The molecule has 0 fully saturated rings. The lowest BCUT2D eigenvalue weighted by Gasteiger charge is -2.15. The van der Waals surface area contributed by atoms with Crippen molar-refractivity contribution in [2.45, 2.75) is 26.5 Å². The third kappa shape index (κ3) is 4.83. The van der Waals surface area contributed by atoms with E-state index < -0.39 is 18.0 Å². The number of amides is 1. The Morgan fingerprint density at radius 2 is 1.87 bits per heavy atom. The molecular weight excluding hydrogens is 488 g/mol. The summed E-state index contributed by atoms with van der Waals surface area (Å²) in [7, 11) is 0. The van der Waals surface area contributed by atoms with Gasteiger partial charge in [0.05, 0.1) is 24.8 Å². The summed E-state index contributed by atoms with van der Waals surface area (Å²) < 4.78 is 19.5. The second kappa shape index (κ2) is 10.6. The van der Waals surface area contributed by atoms with Gasteiger partial charge in [0.25, 0.3) is 11.5 Å². The van der Waals surface area contributed by atoms with Crippen molar-refractivity contribution in [2.24, 2.45) is 4.99 Å². The Labute approximate surface area is 216 Å². The van der Waals surface area contributed by atoms with E-state index in [0.717, 1.165) is 0 Å². The summed E-state index contributed by atoms with van der Waals surface area (Å²) in [5.41, 5.74) is 0.158. The standard InChI is InChI=1S/C28H24N4O6/c1-3-36-28(35)22-16-21-24(29-23-13-7-8-14-31(23)27(21)34)32(17-20-12-9-15-37-20)25(22)30-26(33)18(2)38-19-10-5-4-6-11-19/h4-16,18H,3,17H2,1-2H3/t18-/m0/s1. The normalized spacial score (nSPS) is 12.5. The van der Waals surface area contributed by atoms with Gasteiger partial charge in [0.2, 0.25) is 0 Å². The topological polar surface area (TPSA) is 117 Å². The number of rotatable bonds is 7. The van der Waals surface area contributed by atoms with Crippen molar-refractivity contribution in [3.8, 4) is 5.75 Å². The second-order valence-corrected chi connectivity index (χ2v) is 8.37. The molecule has 0 bridgehead atoms. The molecule has 0 N–H and O–H groups in total. The fraction of sp³-hybridized carbons (Fsp3) is 0.179. The van der Waals surface area contributed by atoms with Gasteiger partial charge in [0.1, 0.15) is 28.4 Å². The molecule has 10 nitrogen and oxygen atoms in total. The highest BCUT2D eigenvalue weighted by atomic mass is 16.5. The van der Waals surface area contributed by atoms with Gasteiger partial charge in [-0.3, -0.25) is 14.0 Å². The molecule has 5 rings (SSSR count). The Kier molecular flexibility index (Phi) is 6.86. The molecule has 0 aliphatic heterocycles. The minimum Gasteiger partial charge on any atom is -0.481 e. The van der Waals surface area contributed by atoms with Crippen LogP contribution in [0, 0.1) is 0 Å². The summed E-state index contributed by atoms with van der Waals surface area (Å²) in [5.74, 6) is -0.366. The number of hydrogen-bond donors (Lipinski definition) is 0. The second-order valence-electron chi connectivity index (χ2n) is 8.37. The maximum absolute atomic E-state index is 13.4. The first-order valence-corrected chi connectivity index (χ1v) is 12.0. The molecule has 0 saturated carbocycles. The first-order chi connectivity index (χ1) is 18.5. The number of fused-ring (bicyclic) bond motifs is 2. The molecule has 0 radical (unpaired) electrons. The van der Waals surface area contributed by atoms with Crippen LogP contribution < -0.4 is 15.8 Å². The van der Waals surface area contributed by atoms with E-state index in [0.29, 0.717) is 17.2 Å². The van der Waals surface area contributed by atoms with Gasteiger partial charge in [0.15, 0.2) is 11.6 Å². The number of ether oxygens (including phenoxy) is 2. The Morgan fingerprint density at radius 1 is 1.08 bits per heavy atom. The van der Waals surface area contributed by atoms with Crippen molar-refractivity contribution in [1.82, 2.24) is 14.0 Å². The van der Waals surface area contributed by atoms with Gasteiger partial charge in [-0.1, -0.05) is 24.3 Å². The average molecular weight is 513 g/mol. The summed E-state index contributed by atoms with van der Waals surface area (Å²) in [6.45, 7) is 3.37. The monoisotopic (exact) mass is 512 g/mol. The van der Waals surface area contributed by atoms with E-state index in [-0.39, 0.29) is 40.8 Å². The van der Waals surface area contributed by atoms with Gasteiger partial charge in [-0.25, -0.2) is 9.78 Å². The number of benzene rings is 1. The maximum atomic E-state index is 13.4. The number of carbonyl (C=O) groups is 2.